The Labute approximate surface area is 220 Å². The van der Waals surface area contributed by atoms with Gasteiger partial charge in [-0.25, -0.2) is 0 Å². The Kier molecular flexibility index (Phi) is 12.0. The van der Waals surface area contributed by atoms with Crippen molar-refractivity contribution in [3.8, 4) is 0 Å². The molecule has 0 unspecified atom stereocenters. The Morgan fingerprint density at radius 1 is 0.972 bits per heavy atom. The number of fused-ring (bicyclic) bond motifs is 7. The molecule has 0 aromatic carbocycles. The van der Waals surface area contributed by atoms with Gasteiger partial charge in [0.05, 0.1) is 18.0 Å². The fourth-order valence-electron chi connectivity index (χ4n) is 3.74. The summed E-state index contributed by atoms with van der Waals surface area (Å²) in [7, 11) is 2.98. The average molecular weight is 540 g/mol. The molecule has 0 saturated carbocycles. The van der Waals surface area contributed by atoms with Crippen molar-refractivity contribution in [2.75, 3.05) is 11.5 Å². The SMILES string of the molecule is C/C=C1\NC(=O)[C@H]2CSSCC/C=C/[C@@H](CC(=O)N[C@H](C(C)C)C(=O)N2)OC(=O)[C@H](C(C)C)CC1=O. The Bertz CT molecular complexity index is 902. The molecule has 2 heterocycles. The van der Waals surface area contributed by atoms with E-state index >= 15 is 0 Å². The zero-order valence-electron chi connectivity index (χ0n) is 21.5. The van der Waals surface area contributed by atoms with Crippen molar-refractivity contribution in [2.45, 2.75) is 72.1 Å². The summed E-state index contributed by atoms with van der Waals surface area (Å²) in [4.78, 5) is 65.4. The van der Waals surface area contributed by atoms with Gasteiger partial charge in [0.25, 0.3) is 0 Å². The largest absolute Gasteiger partial charge is 0.457 e. The van der Waals surface area contributed by atoms with Crippen LogP contribution in [0.2, 0.25) is 0 Å². The highest BCUT2D eigenvalue weighted by molar-refractivity contribution is 8.76. The number of hydrogen-bond acceptors (Lipinski definition) is 8. The van der Waals surface area contributed by atoms with Crippen LogP contribution in [0.4, 0.5) is 0 Å². The molecule has 3 amide bonds. The predicted octanol–water partition coefficient (Wildman–Crippen LogP) is 2.52. The number of allylic oxidation sites excluding steroid dienone is 3. The normalized spacial score (nSPS) is 29.9. The maximum Gasteiger partial charge on any atom is 0.310 e. The van der Waals surface area contributed by atoms with Crippen LogP contribution in [-0.4, -0.2) is 59.2 Å². The zero-order chi connectivity index (χ0) is 26.8. The molecule has 36 heavy (non-hydrogen) atoms. The topological polar surface area (TPSA) is 131 Å². The summed E-state index contributed by atoms with van der Waals surface area (Å²) in [5, 5.41) is 8.14. The van der Waals surface area contributed by atoms with Gasteiger partial charge < -0.3 is 20.7 Å². The maximum absolute atomic E-state index is 13.2. The van der Waals surface area contributed by atoms with Crippen LogP contribution in [0, 0.1) is 17.8 Å². The third-order valence-corrected chi connectivity index (χ3v) is 8.40. The smallest absolute Gasteiger partial charge is 0.310 e. The molecular weight excluding hydrogens is 502 g/mol. The lowest BCUT2D eigenvalue weighted by Gasteiger charge is -2.27. The van der Waals surface area contributed by atoms with Crippen molar-refractivity contribution in [3.05, 3.63) is 23.9 Å². The minimum atomic E-state index is -0.928. The molecule has 0 aliphatic carbocycles. The first-order chi connectivity index (χ1) is 17.0. The van der Waals surface area contributed by atoms with E-state index in [1.165, 1.54) is 27.7 Å². The third kappa shape index (κ3) is 8.99. The van der Waals surface area contributed by atoms with Crippen molar-refractivity contribution in [1.29, 1.82) is 0 Å². The number of amides is 3. The number of carbonyl (C=O) groups is 5. The van der Waals surface area contributed by atoms with Crippen molar-refractivity contribution < 1.29 is 28.7 Å². The summed E-state index contributed by atoms with van der Waals surface area (Å²) in [6.07, 6.45) is 4.55. The Balaban J connectivity index is 2.55. The van der Waals surface area contributed by atoms with Crippen LogP contribution in [0.5, 0.6) is 0 Å². The maximum atomic E-state index is 13.2. The van der Waals surface area contributed by atoms with E-state index in [0.717, 1.165) is 5.75 Å². The van der Waals surface area contributed by atoms with Crippen LogP contribution in [0.15, 0.2) is 23.9 Å². The fraction of sp³-hybridized carbons (Fsp3) is 0.640. The van der Waals surface area contributed by atoms with E-state index in [0.29, 0.717) is 6.42 Å². The van der Waals surface area contributed by atoms with Gasteiger partial charge >= 0.3 is 5.97 Å². The first-order valence-corrected chi connectivity index (χ1v) is 14.7. The standard InChI is InChI=1S/C25H37N3O6S2/c1-6-18-20(29)12-17(14(2)3)25(33)34-16-9-7-8-10-35-36-13-19(23(31)26-18)27-24(32)22(15(4)5)28-21(30)11-16/h6-7,9,14-17,19,22H,8,10-13H2,1-5H3,(H,26,31)(H,27,32)(H,28,30)/b9-7+,18-6-/t16-,17-,19+,22+/m0/s1. The number of carbonyl (C=O) groups excluding carboxylic acids is 5. The van der Waals surface area contributed by atoms with E-state index in [-0.39, 0.29) is 36.1 Å². The molecule has 4 atom stereocenters. The van der Waals surface area contributed by atoms with Crippen molar-refractivity contribution >= 4 is 51.1 Å². The van der Waals surface area contributed by atoms with Crippen LogP contribution in [0.3, 0.4) is 0 Å². The monoisotopic (exact) mass is 539 g/mol. The van der Waals surface area contributed by atoms with Crippen LogP contribution >= 0.6 is 21.6 Å². The molecule has 0 radical (unpaired) electrons. The lowest BCUT2D eigenvalue weighted by Crippen LogP contribution is -2.56. The number of Topliss-reactive ketones (excluding diaryl/α,β-unsaturated/α-hetero) is 1. The highest BCUT2D eigenvalue weighted by Gasteiger charge is 2.34. The van der Waals surface area contributed by atoms with Crippen LogP contribution in [-0.2, 0) is 28.7 Å². The highest BCUT2D eigenvalue weighted by Crippen LogP contribution is 2.25. The summed E-state index contributed by atoms with van der Waals surface area (Å²) in [5.41, 5.74) is 0.0666. The summed E-state index contributed by atoms with van der Waals surface area (Å²) in [6, 6.07) is -1.82. The molecule has 200 valence electrons. The molecule has 0 spiro atoms. The fourth-order valence-corrected chi connectivity index (χ4v) is 5.90. The van der Waals surface area contributed by atoms with Gasteiger partial charge in [-0.05, 0) is 31.3 Å². The molecule has 1 saturated heterocycles. The molecule has 2 aliphatic rings. The van der Waals surface area contributed by atoms with E-state index in [1.807, 2.05) is 19.9 Å². The quantitative estimate of drug-likeness (QED) is 0.211. The number of ketones is 1. The van der Waals surface area contributed by atoms with Gasteiger partial charge in [0.2, 0.25) is 17.7 Å². The molecule has 2 aliphatic heterocycles. The minimum Gasteiger partial charge on any atom is -0.457 e. The van der Waals surface area contributed by atoms with Crippen LogP contribution < -0.4 is 16.0 Å². The summed E-state index contributed by atoms with van der Waals surface area (Å²) < 4.78 is 5.71. The van der Waals surface area contributed by atoms with Crippen LogP contribution in [0.25, 0.3) is 0 Å². The summed E-state index contributed by atoms with van der Waals surface area (Å²) in [5.74, 6) is -2.70. The van der Waals surface area contributed by atoms with Gasteiger partial charge in [-0.3, -0.25) is 24.0 Å². The van der Waals surface area contributed by atoms with E-state index in [9.17, 15) is 24.0 Å². The lowest BCUT2D eigenvalue weighted by atomic mass is 9.89. The first-order valence-electron chi connectivity index (χ1n) is 12.2. The third-order valence-electron chi connectivity index (χ3n) is 5.95. The van der Waals surface area contributed by atoms with Gasteiger partial charge in [-0.1, -0.05) is 61.4 Å². The second kappa shape index (κ2) is 14.5. The molecule has 3 N–H and O–H groups in total. The van der Waals surface area contributed by atoms with Gasteiger partial charge in [-0.2, -0.15) is 0 Å². The van der Waals surface area contributed by atoms with Crippen molar-refractivity contribution in [3.63, 3.8) is 0 Å². The van der Waals surface area contributed by atoms with Gasteiger partial charge in [0, 0.05) is 17.9 Å². The highest BCUT2D eigenvalue weighted by atomic mass is 33.1. The molecule has 11 heteroatoms. The van der Waals surface area contributed by atoms with Gasteiger partial charge in [0.1, 0.15) is 18.2 Å². The second-order valence-electron chi connectivity index (χ2n) is 9.52. The van der Waals surface area contributed by atoms with E-state index in [4.69, 9.17) is 4.74 Å². The van der Waals surface area contributed by atoms with E-state index in [1.54, 1.807) is 26.8 Å². The molecule has 2 bridgehead atoms. The first kappa shape index (κ1) is 30.0. The summed E-state index contributed by atoms with van der Waals surface area (Å²) in [6.45, 7) is 8.84. The molecule has 9 nitrogen and oxygen atoms in total. The lowest BCUT2D eigenvalue weighted by molar-refractivity contribution is -0.155. The molecule has 0 aromatic heterocycles. The number of esters is 1. The number of hydrogen-bond donors (Lipinski definition) is 3. The predicted molar refractivity (Wildman–Crippen MR) is 142 cm³/mol. The van der Waals surface area contributed by atoms with Crippen molar-refractivity contribution in [1.82, 2.24) is 16.0 Å². The molecular formula is C25H37N3O6S2. The number of nitrogens with one attached hydrogen (secondary N) is 3. The van der Waals surface area contributed by atoms with Crippen LogP contribution in [0.1, 0.15) is 53.9 Å². The Hall–Kier alpha value is -2.27. The average Bonchev–Trinajstić information content (AvgIpc) is 2.81. The molecule has 1 fully saturated rings. The number of rotatable bonds is 2. The van der Waals surface area contributed by atoms with E-state index < -0.39 is 53.6 Å². The minimum absolute atomic E-state index is 0.0666. The molecule has 0 aromatic rings. The Morgan fingerprint density at radius 2 is 1.69 bits per heavy atom. The zero-order valence-corrected chi connectivity index (χ0v) is 23.1. The number of ether oxygens (including phenoxy) is 1. The second-order valence-corrected chi connectivity index (χ2v) is 12.1. The van der Waals surface area contributed by atoms with E-state index in [2.05, 4.69) is 16.0 Å². The summed E-state index contributed by atoms with van der Waals surface area (Å²) >= 11 is 0. The van der Waals surface area contributed by atoms with Gasteiger partial charge in [-0.15, -0.1) is 0 Å². The molecule has 2 rings (SSSR count). The Morgan fingerprint density at radius 3 is 2.33 bits per heavy atom. The van der Waals surface area contributed by atoms with Gasteiger partial charge in [0.15, 0.2) is 5.78 Å². The van der Waals surface area contributed by atoms with Crippen molar-refractivity contribution in [2.24, 2.45) is 17.8 Å².